The number of ether oxygens (including phenoxy) is 1. The van der Waals surface area contributed by atoms with E-state index in [9.17, 15) is 14.4 Å². The first-order valence-corrected chi connectivity index (χ1v) is 9.66. The molecule has 0 aliphatic heterocycles. The van der Waals surface area contributed by atoms with Crippen LogP contribution in [0, 0.1) is 19.8 Å². The minimum Gasteiger partial charge on any atom is -0.454 e. The number of nitrogens with one attached hydrogen (secondary N) is 2. The van der Waals surface area contributed by atoms with Gasteiger partial charge in [-0.15, -0.1) is 0 Å². The van der Waals surface area contributed by atoms with Crippen LogP contribution < -0.4 is 10.6 Å². The van der Waals surface area contributed by atoms with Crippen molar-refractivity contribution >= 4 is 35.1 Å². The average Bonchev–Trinajstić information content (AvgIpc) is 2.66. The van der Waals surface area contributed by atoms with Crippen molar-refractivity contribution in [3.8, 4) is 0 Å². The first-order valence-electron chi connectivity index (χ1n) is 9.28. The highest BCUT2D eigenvalue weighted by atomic mass is 35.5. The third-order valence-electron chi connectivity index (χ3n) is 4.40. The fourth-order valence-electron chi connectivity index (χ4n) is 2.72. The van der Waals surface area contributed by atoms with Crippen molar-refractivity contribution < 1.29 is 19.1 Å². The molecule has 154 valence electrons. The highest BCUT2D eigenvalue weighted by Gasteiger charge is 2.27. The average molecular weight is 417 g/mol. The Morgan fingerprint density at radius 2 is 1.72 bits per heavy atom. The molecule has 2 amide bonds. The molecule has 0 aromatic heterocycles. The predicted molar refractivity (Wildman–Crippen MR) is 113 cm³/mol. The third-order valence-corrected chi connectivity index (χ3v) is 4.64. The monoisotopic (exact) mass is 416 g/mol. The molecular weight excluding hydrogens is 392 g/mol. The number of hydrogen-bond donors (Lipinski definition) is 2. The number of carbonyl (C=O) groups excluding carboxylic acids is 3. The summed E-state index contributed by atoms with van der Waals surface area (Å²) < 4.78 is 5.14. The molecule has 2 aromatic carbocycles. The van der Waals surface area contributed by atoms with Crippen molar-refractivity contribution in [2.75, 3.05) is 11.9 Å². The molecule has 0 fully saturated rings. The lowest BCUT2D eigenvalue weighted by Gasteiger charge is -2.21. The Morgan fingerprint density at radius 3 is 2.34 bits per heavy atom. The van der Waals surface area contributed by atoms with Gasteiger partial charge in [0, 0.05) is 16.3 Å². The van der Waals surface area contributed by atoms with Gasteiger partial charge in [-0.25, -0.2) is 4.79 Å². The molecule has 0 saturated heterocycles. The summed E-state index contributed by atoms with van der Waals surface area (Å²) in [5.74, 6) is -1.71. The zero-order valence-corrected chi connectivity index (χ0v) is 17.7. The van der Waals surface area contributed by atoms with Gasteiger partial charge in [0.2, 0.25) is 0 Å². The number of esters is 1. The minimum absolute atomic E-state index is 0.211. The largest absolute Gasteiger partial charge is 0.454 e. The second-order valence-electron chi connectivity index (χ2n) is 7.13. The van der Waals surface area contributed by atoms with Crippen LogP contribution in [0.5, 0.6) is 0 Å². The third kappa shape index (κ3) is 6.32. The van der Waals surface area contributed by atoms with Crippen molar-refractivity contribution in [3.63, 3.8) is 0 Å². The van der Waals surface area contributed by atoms with Crippen LogP contribution in [0.3, 0.4) is 0 Å². The molecular formula is C22H25ClN2O4. The smallest absolute Gasteiger partial charge is 0.329 e. The Hall–Kier alpha value is -2.86. The number of aryl methyl sites for hydroxylation is 2. The van der Waals surface area contributed by atoms with Crippen molar-refractivity contribution in [1.29, 1.82) is 0 Å². The van der Waals surface area contributed by atoms with Crippen molar-refractivity contribution in [2.24, 2.45) is 5.92 Å². The summed E-state index contributed by atoms with van der Waals surface area (Å²) in [6.45, 7) is 6.76. The topological polar surface area (TPSA) is 84.5 Å². The summed E-state index contributed by atoms with van der Waals surface area (Å²) in [7, 11) is 0. The van der Waals surface area contributed by atoms with Gasteiger partial charge in [-0.1, -0.05) is 43.6 Å². The lowest BCUT2D eigenvalue weighted by Crippen LogP contribution is -2.46. The molecule has 6 nitrogen and oxygen atoms in total. The lowest BCUT2D eigenvalue weighted by molar-refractivity contribution is -0.150. The van der Waals surface area contributed by atoms with E-state index in [1.54, 1.807) is 44.2 Å². The molecule has 7 heteroatoms. The van der Waals surface area contributed by atoms with E-state index in [1.807, 2.05) is 26.0 Å². The maximum atomic E-state index is 12.5. The van der Waals surface area contributed by atoms with Gasteiger partial charge in [-0.2, -0.15) is 0 Å². The summed E-state index contributed by atoms with van der Waals surface area (Å²) >= 11 is 5.90. The maximum absolute atomic E-state index is 12.5. The Morgan fingerprint density at radius 1 is 1.03 bits per heavy atom. The van der Waals surface area contributed by atoms with Gasteiger partial charge < -0.3 is 15.4 Å². The maximum Gasteiger partial charge on any atom is 0.329 e. The second-order valence-corrected chi connectivity index (χ2v) is 7.56. The van der Waals surface area contributed by atoms with Crippen LogP contribution in [-0.2, 0) is 14.3 Å². The van der Waals surface area contributed by atoms with Crippen LogP contribution in [0.15, 0.2) is 42.5 Å². The van der Waals surface area contributed by atoms with Crippen molar-refractivity contribution in [1.82, 2.24) is 5.32 Å². The molecule has 29 heavy (non-hydrogen) atoms. The zero-order chi connectivity index (χ0) is 21.6. The predicted octanol–water partition coefficient (Wildman–Crippen LogP) is 3.89. The highest BCUT2D eigenvalue weighted by Crippen LogP contribution is 2.19. The second kappa shape index (κ2) is 10.1. The summed E-state index contributed by atoms with van der Waals surface area (Å²) in [6.07, 6.45) is 0. The standard InChI is InChI=1S/C22H25ClN2O4/c1-13(2)20(25-21(27)17-8-6-5-7-14(17)3)22(28)29-12-19(26)24-18-10-9-16(23)11-15(18)4/h5-11,13,20H,12H2,1-4H3,(H,24,26)(H,25,27)/t20-/m0/s1. The van der Waals surface area contributed by atoms with Crippen LogP contribution in [0.2, 0.25) is 5.02 Å². The number of anilines is 1. The van der Waals surface area contributed by atoms with E-state index in [-0.39, 0.29) is 11.8 Å². The van der Waals surface area contributed by atoms with Gasteiger partial charge in [0.05, 0.1) is 0 Å². The van der Waals surface area contributed by atoms with Crippen molar-refractivity contribution in [3.05, 3.63) is 64.2 Å². The van der Waals surface area contributed by atoms with E-state index in [0.717, 1.165) is 11.1 Å². The van der Waals surface area contributed by atoms with Crippen LogP contribution in [0.25, 0.3) is 0 Å². The normalized spacial score (nSPS) is 11.7. The van der Waals surface area contributed by atoms with E-state index in [4.69, 9.17) is 16.3 Å². The molecule has 2 N–H and O–H groups in total. The molecule has 0 saturated carbocycles. The lowest BCUT2D eigenvalue weighted by atomic mass is 10.0. The molecule has 2 aromatic rings. The van der Waals surface area contributed by atoms with E-state index in [1.165, 1.54) is 0 Å². The molecule has 0 aliphatic rings. The molecule has 0 heterocycles. The van der Waals surface area contributed by atoms with Gasteiger partial charge in [0.25, 0.3) is 11.8 Å². The molecule has 0 spiro atoms. The molecule has 0 unspecified atom stereocenters. The summed E-state index contributed by atoms with van der Waals surface area (Å²) in [5, 5.41) is 5.94. The number of amides is 2. The molecule has 0 bridgehead atoms. The van der Waals surface area contributed by atoms with E-state index in [0.29, 0.717) is 16.3 Å². The van der Waals surface area contributed by atoms with Crippen molar-refractivity contribution in [2.45, 2.75) is 33.7 Å². The Labute approximate surface area is 175 Å². The van der Waals surface area contributed by atoms with Gasteiger partial charge in [0.1, 0.15) is 6.04 Å². The Bertz CT molecular complexity index is 911. The van der Waals surface area contributed by atoms with Crippen LogP contribution in [0.1, 0.15) is 35.3 Å². The summed E-state index contributed by atoms with van der Waals surface area (Å²) in [6, 6.07) is 11.3. The van der Waals surface area contributed by atoms with Gasteiger partial charge in [0.15, 0.2) is 6.61 Å². The van der Waals surface area contributed by atoms with E-state index < -0.39 is 24.5 Å². The number of halogens is 1. The summed E-state index contributed by atoms with van der Waals surface area (Å²) in [4.78, 5) is 37.1. The Balaban J connectivity index is 1.96. The zero-order valence-electron chi connectivity index (χ0n) is 16.9. The van der Waals surface area contributed by atoms with Crippen LogP contribution >= 0.6 is 11.6 Å². The molecule has 0 radical (unpaired) electrons. The number of hydrogen-bond acceptors (Lipinski definition) is 4. The Kier molecular flexibility index (Phi) is 7.79. The van der Waals surface area contributed by atoms with Crippen LogP contribution in [0.4, 0.5) is 5.69 Å². The fourth-order valence-corrected chi connectivity index (χ4v) is 2.95. The summed E-state index contributed by atoms with van der Waals surface area (Å²) in [5.41, 5.74) is 2.67. The fraction of sp³-hybridized carbons (Fsp3) is 0.318. The molecule has 2 rings (SSSR count). The number of benzene rings is 2. The quantitative estimate of drug-likeness (QED) is 0.670. The van der Waals surface area contributed by atoms with E-state index in [2.05, 4.69) is 10.6 Å². The first-order chi connectivity index (χ1) is 13.7. The van der Waals surface area contributed by atoms with E-state index >= 15 is 0 Å². The van der Waals surface area contributed by atoms with Gasteiger partial charge >= 0.3 is 5.97 Å². The SMILES string of the molecule is Cc1cc(Cl)ccc1NC(=O)COC(=O)[C@@H](NC(=O)c1ccccc1C)C(C)C. The van der Waals surface area contributed by atoms with Crippen LogP contribution in [-0.4, -0.2) is 30.4 Å². The minimum atomic E-state index is -0.868. The van der Waals surface area contributed by atoms with Gasteiger partial charge in [-0.05, 0) is 55.2 Å². The highest BCUT2D eigenvalue weighted by molar-refractivity contribution is 6.30. The van der Waals surface area contributed by atoms with Gasteiger partial charge in [-0.3, -0.25) is 9.59 Å². The number of carbonyl (C=O) groups is 3. The molecule has 1 atom stereocenters. The number of rotatable bonds is 7. The molecule has 0 aliphatic carbocycles. The first kappa shape index (κ1) is 22.4.